The van der Waals surface area contributed by atoms with Gasteiger partial charge in [-0.25, -0.2) is 4.98 Å². The second kappa shape index (κ2) is 9.93. The van der Waals surface area contributed by atoms with Crippen LogP contribution in [0.5, 0.6) is 0 Å². The molecule has 0 aliphatic carbocycles. The number of benzene rings is 1. The lowest BCUT2D eigenvalue weighted by Crippen LogP contribution is -2.18. The van der Waals surface area contributed by atoms with E-state index in [2.05, 4.69) is 44.6 Å². The fourth-order valence-electron chi connectivity index (χ4n) is 3.07. The Morgan fingerprint density at radius 3 is 2.66 bits per heavy atom. The van der Waals surface area contributed by atoms with E-state index in [1.807, 2.05) is 48.5 Å². The molecule has 3 aromatic heterocycles. The summed E-state index contributed by atoms with van der Waals surface area (Å²) in [4.78, 5) is 21.2. The lowest BCUT2D eigenvalue weighted by Gasteiger charge is -2.09. The maximum Gasteiger partial charge on any atom is 0.250 e. The average Bonchev–Trinajstić information content (AvgIpc) is 2.80. The van der Waals surface area contributed by atoms with Crippen molar-refractivity contribution in [1.82, 2.24) is 20.2 Å². The van der Waals surface area contributed by atoms with Crippen molar-refractivity contribution in [3.05, 3.63) is 78.1 Å². The number of carbonyl (C=O) groups is 1. The third-order valence-corrected chi connectivity index (χ3v) is 4.76. The molecule has 0 atom stereocenters. The van der Waals surface area contributed by atoms with Crippen LogP contribution in [0.4, 0.5) is 17.3 Å². The van der Waals surface area contributed by atoms with Gasteiger partial charge in [-0.3, -0.25) is 9.78 Å². The summed E-state index contributed by atoms with van der Waals surface area (Å²) in [6.45, 7) is 4.53. The zero-order valence-electron chi connectivity index (χ0n) is 17.9. The van der Waals surface area contributed by atoms with Gasteiger partial charge in [0.15, 0.2) is 5.82 Å². The molecule has 4 aromatic rings. The van der Waals surface area contributed by atoms with Crippen molar-refractivity contribution in [2.75, 3.05) is 17.2 Å². The molecule has 0 fully saturated rings. The van der Waals surface area contributed by atoms with Crippen LogP contribution in [0, 0.1) is 0 Å². The van der Waals surface area contributed by atoms with Gasteiger partial charge in [-0.15, -0.1) is 5.10 Å². The number of hydrogen-bond donors (Lipinski definition) is 2. The van der Waals surface area contributed by atoms with E-state index in [1.165, 1.54) is 0 Å². The molecule has 3 heterocycles. The monoisotopic (exact) mass is 428 g/mol. The van der Waals surface area contributed by atoms with Gasteiger partial charge in [0.1, 0.15) is 12.4 Å². The fourth-order valence-corrected chi connectivity index (χ4v) is 3.07. The number of pyridine rings is 2. The Morgan fingerprint density at radius 2 is 1.84 bits per heavy atom. The van der Waals surface area contributed by atoms with Crippen molar-refractivity contribution < 1.29 is 9.53 Å². The minimum Gasteiger partial charge on any atom is -0.367 e. The molecule has 0 aliphatic heterocycles. The molecule has 162 valence electrons. The summed E-state index contributed by atoms with van der Waals surface area (Å²) in [6.07, 6.45) is 3.36. The molecular weight excluding hydrogens is 404 g/mol. The third kappa shape index (κ3) is 5.61. The second-order valence-electron chi connectivity index (χ2n) is 7.64. The molecule has 0 saturated heterocycles. The summed E-state index contributed by atoms with van der Waals surface area (Å²) in [5, 5.41) is 14.1. The van der Waals surface area contributed by atoms with Gasteiger partial charge in [-0.2, -0.15) is 5.10 Å². The molecule has 32 heavy (non-hydrogen) atoms. The first-order chi connectivity index (χ1) is 15.6. The number of carbonyl (C=O) groups excluding carboxylic acids is 1. The van der Waals surface area contributed by atoms with Gasteiger partial charge < -0.3 is 15.4 Å². The highest BCUT2D eigenvalue weighted by Crippen LogP contribution is 2.21. The summed E-state index contributed by atoms with van der Waals surface area (Å²) in [6, 6.07) is 17.1. The number of fused-ring (bicyclic) bond motifs is 1. The van der Waals surface area contributed by atoms with E-state index in [1.54, 1.807) is 18.5 Å². The summed E-state index contributed by atoms with van der Waals surface area (Å²) in [7, 11) is 0. The van der Waals surface area contributed by atoms with Crippen molar-refractivity contribution in [1.29, 1.82) is 0 Å². The first-order valence-electron chi connectivity index (χ1n) is 10.3. The molecule has 0 unspecified atom stereocenters. The van der Waals surface area contributed by atoms with Crippen LogP contribution in [0.15, 0.2) is 67.0 Å². The molecule has 8 nitrogen and oxygen atoms in total. The summed E-state index contributed by atoms with van der Waals surface area (Å²) in [5.41, 5.74) is 4.02. The molecule has 0 spiro atoms. The van der Waals surface area contributed by atoms with Crippen molar-refractivity contribution in [2.24, 2.45) is 0 Å². The Balaban J connectivity index is 1.40. The smallest absolute Gasteiger partial charge is 0.250 e. The predicted octanol–water partition coefficient (Wildman–Crippen LogP) is 4.44. The van der Waals surface area contributed by atoms with Gasteiger partial charge in [0.2, 0.25) is 5.91 Å². The van der Waals surface area contributed by atoms with Gasteiger partial charge in [-0.1, -0.05) is 44.2 Å². The van der Waals surface area contributed by atoms with Gasteiger partial charge in [0, 0.05) is 0 Å². The zero-order valence-corrected chi connectivity index (χ0v) is 17.9. The number of anilines is 3. The van der Waals surface area contributed by atoms with Crippen molar-refractivity contribution >= 4 is 34.3 Å². The fraction of sp³-hybridized carbons (Fsp3) is 0.208. The van der Waals surface area contributed by atoms with Crippen LogP contribution in [0.3, 0.4) is 0 Å². The van der Waals surface area contributed by atoms with E-state index < -0.39 is 0 Å². The van der Waals surface area contributed by atoms with Gasteiger partial charge in [0.05, 0.1) is 35.7 Å². The maximum atomic E-state index is 12.2. The molecular formula is C24H24N6O2. The number of hydrogen-bond acceptors (Lipinski definition) is 7. The van der Waals surface area contributed by atoms with Gasteiger partial charge >= 0.3 is 0 Å². The third-order valence-electron chi connectivity index (χ3n) is 4.76. The van der Waals surface area contributed by atoms with Crippen molar-refractivity contribution in [3.63, 3.8) is 0 Å². The van der Waals surface area contributed by atoms with Gasteiger partial charge in [-0.05, 0) is 41.3 Å². The normalized spacial score (nSPS) is 11.0. The Kier molecular flexibility index (Phi) is 6.62. The van der Waals surface area contributed by atoms with Crippen molar-refractivity contribution in [2.45, 2.75) is 26.4 Å². The first kappa shape index (κ1) is 21.3. The minimum absolute atomic E-state index is 0.0488. The van der Waals surface area contributed by atoms with Crippen LogP contribution in [-0.2, 0) is 16.1 Å². The van der Waals surface area contributed by atoms with E-state index >= 15 is 0 Å². The Morgan fingerprint density at radius 1 is 1.00 bits per heavy atom. The molecule has 0 saturated carbocycles. The molecule has 0 bridgehead atoms. The maximum absolute atomic E-state index is 12.2. The van der Waals surface area contributed by atoms with E-state index in [0.717, 1.165) is 16.6 Å². The highest BCUT2D eigenvalue weighted by molar-refractivity contribution is 5.93. The number of nitrogens with one attached hydrogen (secondary N) is 2. The summed E-state index contributed by atoms with van der Waals surface area (Å²) >= 11 is 0. The van der Waals surface area contributed by atoms with Crippen LogP contribution in [0.2, 0.25) is 0 Å². The van der Waals surface area contributed by atoms with E-state index in [9.17, 15) is 4.79 Å². The van der Waals surface area contributed by atoms with E-state index in [4.69, 9.17) is 4.74 Å². The number of nitrogens with zero attached hydrogens (tertiary/aromatic N) is 4. The van der Waals surface area contributed by atoms with Crippen LogP contribution in [0.1, 0.15) is 30.9 Å². The van der Waals surface area contributed by atoms with Crippen LogP contribution in [0.25, 0.3) is 11.0 Å². The Hall–Kier alpha value is -3.91. The topological polar surface area (TPSA) is 102 Å². The zero-order chi connectivity index (χ0) is 22.3. The number of rotatable bonds is 8. The summed E-state index contributed by atoms with van der Waals surface area (Å²) < 4.78 is 5.48. The first-order valence-corrected chi connectivity index (χ1v) is 10.3. The highest BCUT2D eigenvalue weighted by Gasteiger charge is 2.08. The van der Waals surface area contributed by atoms with Crippen LogP contribution >= 0.6 is 0 Å². The lowest BCUT2D eigenvalue weighted by atomic mass is 10.1. The molecule has 0 aliphatic rings. The van der Waals surface area contributed by atoms with Crippen LogP contribution in [-0.4, -0.2) is 32.7 Å². The molecule has 8 heteroatoms. The predicted molar refractivity (Wildman–Crippen MR) is 124 cm³/mol. The average molecular weight is 428 g/mol. The van der Waals surface area contributed by atoms with E-state index in [0.29, 0.717) is 35.4 Å². The SMILES string of the molecule is CC(C)c1cnnc(Nc2ccc3ncc(NC(=O)COCc4ccccc4)cc3n2)c1. The molecule has 0 radical (unpaired) electrons. The quantitative estimate of drug-likeness (QED) is 0.428. The standard InChI is InChI=1S/C24H24N6O2/c1-16(2)18-10-23(30-26-12-18)29-22-9-8-20-21(28-22)11-19(13-25-20)27-24(31)15-32-14-17-6-4-3-5-7-17/h3-13,16H,14-15H2,1-2H3,(H,27,31)(H,28,29,30). The molecule has 4 rings (SSSR count). The molecule has 1 aromatic carbocycles. The number of amides is 1. The Labute approximate surface area is 186 Å². The minimum atomic E-state index is -0.253. The van der Waals surface area contributed by atoms with Crippen LogP contribution < -0.4 is 10.6 Å². The number of aromatic nitrogens is 4. The molecule has 2 N–H and O–H groups in total. The molecule has 1 amide bonds. The summed E-state index contributed by atoms with van der Waals surface area (Å²) in [5.74, 6) is 1.33. The number of ether oxygens (including phenoxy) is 1. The van der Waals surface area contributed by atoms with Crippen molar-refractivity contribution in [3.8, 4) is 0 Å². The largest absolute Gasteiger partial charge is 0.367 e. The van der Waals surface area contributed by atoms with E-state index in [-0.39, 0.29) is 12.5 Å². The second-order valence-corrected chi connectivity index (χ2v) is 7.64. The highest BCUT2D eigenvalue weighted by atomic mass is 16.5. The lowest BCUT2D eigenvalue weighted by molar-refractivity contribution is -0.121. The Bertz CT molecular complexity index is 1210. The van der Waals surface area contributed by atoms with Gasteiger partial charge in [0.25, 0.3) is 0 Å².